The van der Waals surface area contributed by atoms with Crippen LogP contribution in [0.3, 0.4) is 0 Å². The van der Waals surface area contributed by atoms with Gasteiger partial charge < -0.3 is 9.30 Å². The Bertz CT molecular complexity index is 1130. The third-order valence-corrected chi connectivity index (χ3v) is 5.69. The molecule has 0 saturated carbocycles. The van der Waals surface area contributed by atoms with Crippen LogP contribution >= 0.6 is 0 Å². The number of benzene rings is 3. The molecule has 0 bridgehead atoms. The molecule has 4 aromatic rings. The first-order valence-electron chi connectivity index (χ1n) is 9.87. The number of nitrogens with zero attached hydrogens (tertiary/aromatic N) is 1. The van der Waals surface area contributed by atoms with Crippen molar-refractivity contribution in [2.45, 2.75) is 19.4 Å². The monoisotopic (exact) mass is 365 g/mol. The van der Waals surface area contributed by atoms with Crippen molar-refractivity contribution < 1.29 is 4.74 Å². The Morgan fingerprint density at radius 2 is 1.46 bits per heavy atom. The summed E-state index contributed by atoms with van der Waals surface area (Å²) in [5.41, 5.74) is 8.87. The summed E-state index contributed by atoms with van der Waals surface area (Å²) < 4.78 is 8.90. The van der Waals surface area contributed by atoms with Crippen LogP contribution in [0.5, 0.6) is 5.75 Å². The van der Waals surface area contributed by atoms with Crippen LogP contribution in [-0.2, 0) is 13.5 Å². The second kappa shape index (κ2) is 6.72. The van der Waals surface area contributed by atoms with Crippen LogP contribution in [-0.4, -0.2) is 4.57 Å². The molecule has 0 amide bonds. The Balaban J connectivity index is 1.85. The summed E-state index contributed by atoms with van der Waals surface area (Å²) in [5, 5.41) is 0. The SMILES string of the molecule is CCc1c2c(n(C)c1-c1ccccc1)[C@H](c1ccccc1)Oc1ccccc1-2. The van der Waals surface area contributed by atoms with E-state index in [0.717, 1.165) is 12.2 Å². The van der Waals surface area contributed by atoms with E-state index in [2.05, 4.69) is 103 Å². The largest absolute Gasteiger partial charge is 0.479 e. The van der Waals surface area contributed by atoms with Crippen LogP contribution in [0.2, 0.25) is 0 Å². The Hall–Kier alpha value is -3.26. The van der Waals surface area contributed by atoms with Crippen LogP contribution in [0.15, 0.2) is 84.9 Å². The van der Waals surface area contributed by atoms with Crippen LogP contribution < -0.4 is 4.74 Å². The quantitative estimate of drug-likeness (QED) is 0.409. The van der Waals surface area contributed by atoms with Gasteiger partial charge in [0.1, 0.15) is 5.75 Å². The maximum Gasteiger partial charge on any atom is 0.164 e. The number of hydrogen-bond donors (Lipinski definition) is 0. The molecule has 0 N–H and O–H groups in total. The van der Waals surface area contributed by atoms with Gasteiger partial charge in [-0.2, -0.15) is 0 Å². The van der Waals surface area contributed by atoms with Crippen LogP contribution in [0.1, 0.15) is 29.8 Å². The van der Waals surface area contributed by atoms with Crippen LogP contribution in [0.25, 0.3) is 22.4 Å². The highest BCUT2D eigenvalue weighted by molar-refractivity contribution is 5.85. The van der Waals surface area contributed by atoms with Crippen molar-refractivity contribution in [3.05, 3.63) is 102 Å². The fourth-order valence-corrected chi connectivity index (χ4v) is 4.49. The minimum Gasteiger partial charge on any atom is -0.479 e. The molecule has 0 fully saturated rings. The van der Waals surface area contributed by atoms with E-state index >= 15 is 0 Å². The summed E-state index contributed by atoms with van der Waals surface area (Å²) in [6, 6.07) is 29.7. The topological polar surface area (TPSA) is 14.2 Å². The number of fused-ring (bicyclic) bond motifs is 3. The molecule has 1 aromatic heterocycles. The molecule has 5 rings (SSSR count). The van der Waals surface area contributed by atoms with Crippen molar-refractivity contribution in [2.75, 3.05) is 0 Å². The average Bonchev–Trinajstić information content (AvgIpc) is 3.07. The zero-order valence-corrected chi connectivity index (χ0v) is 16.2. The summed E-state index contributed by atoms with van der Waals surface area (Å²) in [4.78, 5) is 0. The molecule has 0 aliphatic carbocycles. The Morgan fingerprint density at radius 1 is 0.821 bits per heavy atom. The Kier molecular flexibility index (Phi) is 4.05. The standard InChI is InChI=1S/C26H23NO/c1-3-20-23-21-16-10-11-17-22(21)28-26(19-14-8-5-9-15-19)25(23)27(2)24(20)18-12-6-4-7-13-18/h4-17,26H,3H2,1-2H3/t26-/m0/s1. The van der Waals surface area contributed by atoms with Gasteiger partial charge in [0.2, 0.25) is 0 Å². The second-order valence-corrected chi connectivity index (χ2v) is 7.27. The van der Waals surface area contributed by atoms with Gasteiger partial charge in [0, 0.05) is 18.2 Å². The van der Waals surface area contributed by atoms with Gasteiger partial charge >= 0.3 is 0 Å². The van der Waals surface area contributed by atoms with Gasteiger partial charge in [-0.3, -0.25) is 0 Å². The zero-order valence-electron chi connectivity index (χ0n) is 16.2. The normalized spacial score (nSPS) is 14.9. The molecule has 0 spiro atoms. The highest BCUT2D eigenvalue weighted by Crippen LogP contribution is 2.49. The maximum absolute atomic E-state index is 6.55. The fraction of sp³-hybridized carbons (Fsp3) is 0.154. The second-order valence-electron chi connectivity index (χ2n) is 7.27. The van der Waals surface area contributed by atoms with E-state index < -0.39 is 0 Å². The van der Waals surface area contributed by atoms with Gasteiger partial charge in [-0.25, -0.2) is 0 Å². The van der Waals surface area contributed by atoms with E-state index in [1.54, 1.807) is 0 Å². The lowest BCUT2D eigenvalue weighted by Crippen LogP contribution is -2.18. The minimum atomic E-state index is -0.112. The van der Waals surface area contributed by atoms with Crippen LogP contribution in [0.4, 0.5) is 0 Å². The van der Waals surface area contributed by atoms with Gasteiger partial charge in [-0.15, -0.1) is 0 Å². The van der Waals surface area contributed by atoms with Crippen molar-refractivity contribution in [1.29, 1.82) is 0 Å². The molecule has 138 valence electrons. The smallest absolute Gasteiger partial charge is 0.164 e. The lowest BCUT2D eigenvalue weighted by Gasteiger charge is -2.28. The first-order valence-corrected chi connectivity index (χ1v) is 9.87. The van der Waals surface area contributed by atoms with E-state index in [0.29, 0.717) is 0 Å². The number of hydrogen-bond acceptors (Lipinski definition) is 1. The van der Waals surface area contributed by atoms with E-state index in [-0.39, 0.29) is 6.10 Å². The van der Waals surface area contributed by atoms with E-state index in [1.807, 2.05) is 0 Å². The predicted octanol–water partition coefficient (Wildman–Crippen LogP) is 6.40. The third kappa shape index (κ3) is 2.49. The maximum atomic E-state index is 6.55. The molecule has 2 nitrogen and oxygen atoms in total. The van der Waals surface area contributed by atoms with Gasteiger partial charge in [0.25, 0.3) is 0 Å². The lowest BCUT2D eigenvalue weighted by atomic mass is 9.91. The summed E-state index contributed by atoms with van der Waals surface area (Å²) >= 11 is 0. The van der Waals surface area contributed by atoms with Crippen molar-refractivity contribution in [3.8, 4) is 28.1 Å². The average molecular weight is 365 g/mol. The molecule has 1 aliphatic rings. The predicted molar refractivity (Wildman–Crippen MR) is 115 cm³/mol. The van der Waals surface area contributed by atoms with Gasteiger partial charge in [-0.1, -0.05) is 85.8 Å². The van der Waals surface area contributed by atoms with E-state index in [1.165, 1.54) is 39.2 Å². The number of ether oxygens (including phenoxy) is 1. The van der Waals surface area contributed by atoms with Crippen molar-refractivity contribution in [2.24, 2.45) is 7.05 Å². The molecule has 0 radical (unpaired) electrons. The molecule has 0 saturated heterocycles. The summed E-state index contributed by atoms with van der Waals surface area (Å²) in [6.07, 6.45) is 0.863. The minimum absolute atomic E-state index is 0.112. The molecule has 2 heterocycles. The highest BCUT2D eigenvalue weighted by atomic mass is 16.5. The molecule has 3 aromatic carbocycles. The molecule has 1 aliphatic heterocycles. The van der Waals surface area contributed by atoms with Gasteiger partial charge in [0.15, 0.2) is 6.10 Å². The Labute approximate surface area is 166 Å². The van der Waals surface area contributed by atoms with Crippen molar-refractivity contribution >= 4 is 0 Å². The van der Waals surface area contributed by atoms with Gasteiger partial charge in [0.05, 0.1) is 11.4 Å². The lowest BCUT2D eigenvalue weighted by molar-refractivity contribution is 0.235. The molecular weight excluding hydrogens is 342 g/mol. The third-order valence-electron chi connectivity index (χ3n) is 5.69. The molecule has 0 unspecified atom stereocenters. The zero-order chi connectivity index (χ0) is 19.1. The summed E-state index contributed by atoms with van der Waals surface area (Å²) in [6.45, 7) is 2.25. The first kappa shape index (κ1) is 16.9. The highest BCUT2D eigenvalue weighted by Gasteiger charge is 2.34. The van der Waals surface area contributed by atoms with Crippen LogP contribution in [0, 0.1) is 0 Å². The summed E-state index contributed by atoms with van der Waals surface area (Å²) in [7, 11) is 2.17. The Morgan fingerprint density at radius 3 is 2.18 bits per heavy atom. The number of aromatic nitrogens is 1. The summed E-state index contributed by atoms with van der Waals surface area (Å²) in [5.74, 6) is 0.962. The molecule has 2 heteroatoms. The van der Waals surface area contributed by atoms with Crippen molar-refractivity contribution in [3.63, 3.8) is 0 Å². The molecule has 1 atom stereocenters. The first-order chi connectivity index (χ1) is 13.8. The molecule has 28 heavy (non-hydrogen) atoms. The van der Waals surface area contributed by atoms with Crippen molar-refractivity contribution in [1.82, 2.24) is 4.57 Å². The number of rotatable bonds is 3. The number of para-hydroxylation sites is 1. The van der Waals surface area contributed by atoms with Gasteiger partial charge in [-0.05, 0) is 29.2 Å². The van der Waals surface area contributed by atoms with E-state index in [9.17, 15) is 0 Å². The fourth-order valence-electron chi connectivity index (χ4n) is 4.49. The van der Waals surface area contributed by atoms with E-state index in [4.69, 9.17) is 4.74 Å². The molecular formula is C26H23NO.